The van der Waals surface area contributed by atoms with E-state index in [-0.39, 0.29) is 16.6 Å². The molecule has 1 spiro atoms. The van der Waals surface area contributed by atoms with Gasteiger partial charge in [-0.25, -0.2) is 0 Å². The van der Waals surface area contributed by atoms with Gasteiger partial charge in [0.05, 0.1) is 13.2 Å². The Kier molecular flexibility index (Phi) is 3.67. The Labute approximate surface area is 123 Å². The van der Waals surface area contributed by atoms with Gasteiger partial charge in [0.1, 0.15) is 0 Å². The first-order valence-electron chi connectivity index (χ1n) is 8.37. The van der Waals surface area contributed by atoms with Gasteiger partial charge in [-0.05, 0) is 49.4 Å². The number of aliphatic hydroxyl groups is 1. The maximum Gasteiger partial charge on any atom is 0.174 e. The zero-order valence-corrected chi connectivity index (χ0v) is 13.3. The van der Waals surface area contributed by atoms with Gasteiger partial charge in [-0.3, -0.25) is 0 Å². The molecular weight excluding hydrogens is 252 g/mol. The van der Waals surface area contributed by atoms with Crippen molar-refractivity contribution in [1.29, 1.82) is 0 Å². The zero-order chi connectivity index (χ0) is 14.4. The van der Waals surface area contributed by atoms with Crippen LogP contribution in [0, 0.1) is 22.7 Å². The first-order valence-corrected chi connectivity index (χ1v) is 8.37. The molecule has 0 aromatic carbocycles. The van der Waals surface area contributed by atoms with E-state index < -0.39 is 0 Å². The van der Waals surface area contributed by atoms with Crippen LogP contribution in [-0.4, -0.2) is 30.7 Å². The molecule has 0 bridgehead atoms. The molecule has 3 nitrogen and oxygen atoms in total. The normalized spacial score (nSPS) is 47.4. The third-order valence-electron chi connectivity index (χ3n) is 7.06. The van der Waals surface area contributed by atoms with Crippen LogP contribution in [0.5, 0.6) is 0 Å². The van der Waals surface area contributed by atoms with E-state index >= 15 is 0 Å². The Morgan fingerprint density at radius 2 is 1.80 bits per heavy atom. The fourth-order valence-electron chi connectivity index (χ4n) is 5.61. The molecule has 0 unspecified atom stereocenters. The van der Waals surface area contributed by atoms with Crippen molar-refractivity contribution in [2.75, 3.05) is 19.8 Å². The Morgan fingerprint density at radius 1 is 1.10 bits per heavy atom. The SMILES string of the molecule is C[C@@H]1CC[C@@]2(C)[C@@H](CCCC23OCCO3)[C@]1(C)CCO. The average Bonchev–Trinajstić information content (AvgIpc) is 2.88. The van der Waals surface area contributed by atoms with Gasteiger partial charge >= 0.3 is 0 Å². The standard InChI is InChI=1S/C17H30O3/c1-13-6-8-16(3)14(15(13,2)9-10-18)5-4-7-17(16)19-11-12-20-17/h13-14,18H,4-12H2,1-3H3/t13-,14+,15-,16+/m1/s1. The van der Waals surface area contributed by atoms with Gasteiger partial charge in [0, 0.05) is 18.4 Å². The predicted octanol–water partition coefficient (Wildman–Crippen LogP) is 3.35. The van der Waals surface area contributed by atoms with Crippen LogP contribution in [0.1, 0.15) is 59.3 Å². The summed E-state index contributed by atoms with van der Waals surface area (Å²) in [6.07, 6.45) is 6.81. The molecular formula is C17H30O3. The largest absolute Gasteiger partial charge is 0.396 e. The van der Waals surface area contributed by atoms with E-state index in [0.717, 1.165) is 26.1 Å². The van der Waals surface area contributed by atoms with Crippen molar-refractivity contribution in [3.05, 3.63) is 0 Å². The van der Waals surface area contributed by atoms with E-state index in [0.29, 0.717) is 18.4 Å². The van der Waals surface area contributed by atoms with Crippen LogP contribution in [-0.2, 0) is 9.47 Å². The summed E-state index contributed by atoms with van der Waals surface area (Å²) in [6, 6.07) is 0. The number of hydrogen-bond acceptors (Lipinski definition) is 3. The maximum absolute atomic E-state index is 9.57. The molecule has 3 rings (SSSR count). The molecule has 3 aliphatic rings. The summed E-state index contributed by atoms with van der Waals surface area (Å²) in [6.45, 7) is 8.94. The Bertz CT molecular complexity index is 363. The molecule has 20 heavy (non-hydrogen) atoms. The Balaban J connectivity index is 1.98. The van der Waals surface area contributed by atoms with Crippen molar-refractivity contribution < 1.29 is 14.6 Å². The molecule has 0 radical (unpaired) electrons. The molecule has 0 amide bonds. The van der Waals surface area contributed by atoms with Crippen molar-refractivity contribution in [3.63, 3.8) is 0 Å². The van der Waals surface area contributed by atoms with Crippen molar-refractivity contribution in [3.8, 4) is 0 Å². The maximum atomic E-state index is 9.57. The lowest BCUT2D eigenvalue weighted by molar-refractivity contribution is -0.298. The highest BCUT2D eigenvalue weighted by Crippen LogP contribution is 2.65. The highest BCUT2D eigenvalue weighted by Gasteiger charge is 2.64. The topological polar surface area (TPSA) is 38.7 Å². The first-order chi connectivity index (χ1) is 9.48. The van der Waals surface area contributed by atoms with Gasteiger partial charge in [0.2, 0.25) is 0 Å². The van der Waals surface area contributed by atoms with E-state index in [2.05, 4.69) is 20.8 Å². The van der Waals surface area contributed by atoms with Gasteiger partial charge in [0.25, 0.3) is 0 Å². The van der Waals surface area contributed by atoms with Crippen molar-refractivity contribution in [1.82, 2.24) is 0 Å². The molecule has 3 fully saturated rings. The minimum absolute atomic E-state index is 0.109. The molecule has 1 heterocycles. The lowest BCUT2D eigenvalue weighted by Crippen LogP contribution is -2.61. The number of aliphatic hydroxyl groups excluding tert-OH is 1. The highest BCUT2D eigenvalue weighted by atomic mass is 16.7. The molecule has 0 aromatic heterocycles. The van der Waals surface area contributed by atoms with Gasteiger partial charge < -0.3 is 14.6 Å². The first kappa shape index (κ1) is 14.8. The Morgan fingerprint density at radius 3 is 2.45 bits per heavy atom. The van der Waals surface area contributed by atoms with Crippen LogP contribution in [0.15, 0.2) is 0 Å². The number of hydrogen-bond donors (Lipinski definition) is 1. The number of rotatable bonds is 2. The van der Waals surface area contributed by atoms with Crippen LogP contribution in [0.2, 0.25) is 0 Å². The van der Waals surface area contributed by atoms with E-state index in [1.54, 1.807) is 0 Å². The van der Waals surface area contributed by atoms with Crippen LogP contribution in [0.3, 0.4) is 0 Å². The second-order valence-corrected chi connectivity index (χ2v) is 7.73. The highest BCUT2D eigenvalue weighted by molar-refractivity contribution is 5.09. The van der Waals surface area contributed by atoms with Crippen LogP contribution in [0.25, 0.3) is 0 Å². The molecule has 2 aliphatic carbocycles. The minimum Gasteiger partial charge on any atom is -0.396 e. The summed E-state index contributed by atoms with van der Waals surface area (Å²) >= 11 is 0. The average molecular weight is 282 g/mol. The number of fused-ring (bicyclic) bond motifs is 2. The van der Waals surface area contributed by atoms with E-state index in [4.69, 9.17) is 9.47 Å². The summed E-state index contributed by atoms with van der Waals surface area (Å²) in [5.41, 5.74) is 0.322. The molecule has 1 saturated heterocycles. The fourth-order valence-corrected chi connectivity index (χ4v) is 5.61. The monoisotopic (exact) mass is 282 g/mol. The van der Waals surface area contributed by atoms with E-state index in [1.807, 2.05) is 0 Å². The summed E-state index contributed by atoms with van der Waals surface area (Å²) < 4.78 is 12.4. The summed E-state index contributed by atoms with van der Waals surface area (Å²) in [4.78, 5) is 0. The molecule has 116 valence electrons. The third kappa shape index (κ3) is 1.82. The smallest absolute Gasteiger partial charge is 0.174 e. The summed E-state index contributed by atoms with van der Waals surface area (Å²) in [7, 11) is 0. The third-order valence-corrected chi connectivity index (χ3v) is 7.06. The van der Waals surface area contributed by atoms with Crippen molar-refractivity contribution >= 4 is 0 Å². The predicted molar refractivity (Wildman–Crippen MR) is 78.3 cm³/mol. The molecule has 2 saturated carbocycles. The van der Waals surface area contributed by atoms with E-state index in [1.165, 1.54) is 25.7 Å². The van der Waals surface area contributed by atoms with Gasteiger partial charge in [0.15, 0.2) is 5.79 Å². The van der Waals surface area contributed by atoms with Crippen LogP contribution < -0.4 is 0 Å². The zero-order valence-electron chi connectivity index (χ0n) is 13.3. The molecule has 4 atom stereocenters. The molecule has 1 N–H and O–H groups in total. The second-order valence-electron chi connectivity index (χ2n) is 7.73. The van der Waals surface area contributed by atoms with Crippen LogP contribution in [0.4, 0.5) is 0 Å². The van der Waals surface area contributed by atoms with Crippen molar-refractivity contribution in [2.24, 2.45) is 22.7 Å². The number of ether oxygens (including phenoxy) is 2. The van der Waals surface area contributed by atoms with E-state index in [9.17, 15) is 5.11 Å². The van der Waals surface area contributed by atoms with Gasteiger partial charge in [-0.15, -0.1) is 0 Å². The Hall–Kier alpha value is -0.120. The second kappa shape index (κ2) is 4.96. The summed E-state index contributed by atoms with van der Waals surface area (Å²) in [5, 5.41) is 9.57. The fraction of sp³-hybridized carbons (Fsp3) is 1.00. The van der Waals surface area contributed by atoms with Gasteiger partial charge in [-0.1, -0.05) is 20.8 Å². The van der Waals surface area contributed by atoms with Crippen LogP contribution >= 0.6 is 0 Å². The minimum atomic E-state index is -0.341. The summed E-state index contributed by atoms with van der Waals surface area (Å²) in [5.74, 6) is 0.925. The van der Waals surface area contributed by atoms with Gasteiger partial charge in [-0.2, -0.15) is 0 Å². The van der Waals surface area contributed by atoms with Crippen molar-refractivity contribution in [2.45, 2.75) is 65.1 Å². The quantitative estimate of drug-likeness (QED) is 0.844. The molecule has 1 aliphatic heterocycles. The lowest BCUT2D eigenvalue weighted by Gasteiger charge is -2.62. The molecule has 3 heteroatoms. The lowest BCUT2D eigenvalue weighted by atomic mass is 9.45. The molecule has 0 aromatic rings.